The molecule has 0 unspecified atom stereocenters. The summed E-state index contributed by atoms with van der Waals surface area (Å²) in [6, 6.07) is 54.1. The summed E-state index contributed by atoms with van der Waals surface area (Å²) in [4.78, 5) is 4.63. The fourth-order valence-corrected chi connectivity index (χ4v) is 16.5. The van der Waals surface area contributed by atoms with Gasteiger partial charge in [-0.1, -0.05) is 60.7 Å². The predicted octanol–water partition coefficient (Wildman–Crippen LogP) is 12.1. The van der Waals surface area contributed by atoms with Gasteiger partial charge in [-0.25, -0.2) is 12.1 Å². The van der Waals surface area contributed by atoms with Crippen LogP contribution >= 0.6 is 15.8 Å². The van der Waals surface area contributed by atoms with Crippen molar-refractivity contribution in [3.63, 3.8) is 0 Å². The summed E-state index contributed by atoms with van der Waals surface area (Å²) in [7, 11) is 14.1. The molecule has 73 heavy (non-hydrogen) atoms. The number of hydrogen-bond acceptors (Lipinski definition) is 6. The number of nitrogens with zero attached hydrogens (tertiary/aromatic N) is 2. The minimum Gasteiger partial charge on any atom is -0.496 e. The first-order valence-corrected chi connectivity index (χ1v) is 27.4. The van der Waals surface area contributed by atoms with E-state index in [1.807, 2.05) is 0 Å². The van der Waals surface area contributed by atoms with E-state index in [2.05, 4.69) is 239 Å². The maximum atomic E-state index is 5.71. The van der Waals surface area contributed by atoms with Crippen LogP contribution in [0.2, 0.25) is 0 Å². The van der Waals surface area contributed by atoms with Crippen molar-refractivity contribution in [1.82, 2.24) is 9.80 Å². The first-order chi connectivity index (χ1) is 34.5. The molecule has 0 saturated heterocycles. The molecule has 6 nitrogen and oxygen atoms in total. The Morgan fingerprint density at radius 3 is 0.808 bits per heavy atom. The molecule has 0 aliphatic heterocycles. The monoisotopic (exact) mass is 1050 g/mol. The van der Waals surface area contributed by atoms with E-state index < -0.39 is 15.8 Å². The number of benzene rings is 6. The summed E-state index contributed by atoms with van der Waals surface area (Å²) in [6.45, 7) is 17.2. The molecular formula is C64H74FeN2O4P2. The van der Waals surface area contributed by atoms with Crippen LogP contribution in [0.25, 0.3) is 0 Å². The quantitative estimate of drug-likeness (QED) is 0.0546. The SMILES string of the molecule is COc1c(C)cc(P(c2cc(C)c(OC)c(C)c2)c2[cH-]ccc2[C@@H](c2ccccc2)N(C)C)cc1C.COc1c(C)cc(P(c2cc(C)c(OC)c(C)c2)c2[cH-]ccc2[C@@H](c2ccccc2)N(C)C)cc1C.[Fe+2]. The van der Waals surface area contributed by atoms with Crippen LogP contribution in [-0.4, -0.2) is 66.4 Å². The molecule has 0 aliphatic carbocycles. The van der Waals surface area contributed by atoms with Gasteiger partial charge in [0.1, 0.15) is 23.0 Å². The molecule has 8 aromatic rings. The molecule has 0 aliphatic rings. The Hall–Kier alpha value is -5.48. The van der Waals surface area contributed by atoms with Gasteiger partial charge in [0.15, 0.2) is 0 Å². The number of rotatable bonds is 16. The fourth-order valence-electron chi connectivity index (χ4n) is 10.9. The maximum Gasteiger partial charge on any atom is 2.00 e. The molecule has 0 heterocycles. The van der Waals surface area contributed by atoms with Gasteiger partial charge in [0, 0.05) is 12.1 Å². The topological polar surface area (TPSA) is 43.4 Å². The second-order valence-electron chi connectivity index (χ2n) is 19.4. The smallest absolute Gasteiger partial charge is 0.496 e. The van der Waals surface area contributed by atoms with E-state index in [0.29, 0.717) is 0 Å². The van der Waals surface area contributed by atoms with Crippen molar-refractivity contribution in [1.29, 1.82) is 0 Å². The molecule has 0 fully saturated rings. The number of aryl methyl sites for hydroxylation is 8. The van der Waals surface area contributed by atoms with E-state index in [1.54, 1.807) is 28.4 Å². The molecule has 9 heteroatoms. The second kappa shape index (κ2) is 25.2. The Morgan fingerprint density at radius 2 is 0.603 bits per heavy atom. The van der Waals surface area contributed by atoms with Gasteiger partial charge in [-0.15, -0.1) is 10.6 Å². The maximum absolute atomic E-state index is 5.71. The largest absolute Gasteiger partial charge is 2.00 e. The molecule has 0 saturated carbocycles. The van der Waals surface area contributed by atoms with Crippen LogP contribution in [0.3, 0.4) is 0 Å². The van der Waals surface area contributed by atoms with Crippen molar-refractivity contribution in [2.24, 2.45) is 0 Å². The molecule has 8 rings (SSSR count). The second-order valence-corrected chi connectivity index (χ2v) is 23.8. The molecule has 0 aromatic heterocycles. The van der Waals surface area contributed by atoms with Gasteiger partial charge in [-0.2, -0.15) is 35.4 Å². The Morgan fingerprint density at radius 1 is 0.370 bits per heavy atom. The molecule has 0 spiro atoms. The van der Waals surface area contributed by atoms with Crippen molar-refractivity contribution < 1.29 is 36.0 Å². The summed E-state index contributed by atoms with van der Waals surface area (Å²) < 4.78 is 22.8. The molecular weight excluding hydrogens is 979 g/mol. The number of ether oxygens (including phenoxy) is 4. The van der Waals surface area contributed by atoms with Crippen LogP contribution < -0.4 is 50.8 Å². The Kier molecular flexibility index (Phi) is 19.6. The molecule has 2 atom stereocenters. The molecule has 0 radical (unpaired) electrons. The van der Waals surface area contributed by atoms with E-state index >= 15 is 0 Å². The standard InChI is InChI=1S/2C32H37NO2P.Fe/c2*1-21-17-26(18-22(2)31(21)34-7)36(27-19-23(3)32(35-8)24(4)20-27)29-16-12-15-28(29)30(33(5)6)25-13-10-9-11-14-25;/h2*9-20,30H,1-8H3;/q2*-1;+2/t2*30-;/m11./s1. The predicted molar refractivity (Wildman–Crippen MR) is 310 cm³/mol. The normalized spacial score (nSPS) is 12.1. The minimum atomic E-state index is -0.815. The minimum absolute atomic E-state index is 0. The van der Waals surface area contributed by atoms with Gasteiger partial charge in [-0.3, -0.25) is 0 Å². The third kappa shape index (κ3) is 12.2. The molecule has 0 N–H and O–H groups in total. The van der Waals surface area contributed by atoms with Crippen LogP contribution in [0.5, 0.6) is 23.0 Å². The number of hydrogen-bond donors (Lipinski definition) is 0. The zero-order chi connectivity index (χ0) is 52.0. The first-order valence-electron chi connectivity index (χ1n) is 24.7. The third-order valence-electron chi connectivity index (χ3n) is 13.6. The van der Waals surface area contributed by atoms with Gasteiger partial charge < -0.3 is 28.7 Å². The van der Waals surface area contributed by atoms with E-state index in [9.17, 15) is 0 Å². The van der Waals surface area contributed by atoms with E-state index in [0.717, 1.165) is 23.0 Å². The van der Waals surface area contributed by atoms with E-state index in [4.69, 9.17) is 18.9 Å². The van der Waals surface area contributed by atoms with Gasteiger partial charge in [0.2, 0.25) is 0 Å². The van der Waals surface area contributed by atoms with Crippen molar-refractivity contribution in [3.05, 3.63) is 212 Å². The number of methoxy groups -OCH3 is 4. The molecule has 0 amide bonds. The summed E-state index contributed by atoms with van der Waals surface area (Å²) in [5.41, 5.74) is 14.7. The van der Waals surface area contributed by atoms with Gasteiger partial charge in [0.05, 0.1) is 28.4 Å². The molecule has 382 valence electrons. The zero-order valence-electron chi connectivity index (χ0n) is 45.8. The van der Waals surface area contributed by atoms with Crippen molar-refractivity contribution in [3.8, 4) is 23.0 Å². The van der Waals surface area contributed by atoms with Gasteiger partial charge in [-0.05, 0) is 225 Å². The van der Waals surface area contributed by atoms with Crippen LogP contribution in [0, 0.1) is 55.4 Å². The summed E-state index contributed by atoms with van der Waals surface area (Å²) >= 11 is 0. The van der Waals surface area contributed by atoms with Crippen LogP contribution in [0.15, 0.2) is 146 Å². The van der Waals surface area contributed by atoms with E-state index in [1.165, 1.54) is 98.6 Å². The van der Waals surface area contributed by atoms with Crippen molar-refractivity contribution in [2.75, 3.05) is 56.6 Å². The van der Waals surface area contributed by atoms with E-state index in [-0.39, 0.29) is 29.2 Å². The first kappa shape index (κ1) is 56.8. The van der Waals surface area contributed by atoms with Crippen molar-refractivity contribution >= 4 is 47.7 Å². The Labute approximate surface area is 450 Å². The summed E-state index contributed by atoms with van der Waals surface area (Å²) in [5, 5.41) is 8.12. The average Bonchev–Trinajstić information content (AvgIpc) is 4.00. The molecule has 8 aromatic carbocycles. The van der Waals surface area contributed by atoms with Gasteiger partial charge in [0.25, 0.3) is 0 Å². The average molecular weight is 1050 g/mol. The van der Waals surface area contributed by atoms with Crippen LogP contribution in [0.4, 0.5) is 0 Å². The third-order valence-corrected chi connectivity index (χ3v) is 18.5. The Balaban J connectivity index is 0.000000235. The summed E-state index contributed by atoms with van der Waals surface area (Å²) in [5.74, 6) is 3.87. The summed E-state index contributed by atoms with van der Waals surface area (Å²) in [6.07, 6.45) is 0. The fraction of sp³-hybridized carbons (Fsp3) is 0.281. The van der Waals surface area contributed by atoms with Crippen LogP contribution in [-0.2, 0) is 17.1 Å². The van der Waals surface area contributed by atoms with Crippen molar-refractivity contribution in [2.45, 2.75) is 67.5 Å². The van der Waals surface area contributed by atoms with Gasteiger partial charge >= 0.3 is 17.1 Å². The zero-order valence-corrected chi connectivity index (χ0v) is 48.7. The van der Waals surface area contributed by atoms with Crippen LogP contribution in [0.1, 0.15) is 78.8 Å². The molecule has 0 bridgehead atoms. The Bertz CT molecular complexity index is 2680.